The summed E-state index contributed by atoms with van der Waals surface area (Å²) in [4.78, 5) is 32.8. The number of carbonyl (C=O) groups excluding carboxylic acids is 2. The predicted octanol–water partition coefficient (Wildman–Crippen LogP) is 3.91. The van der Waals surface area contributed by atoms with Crippen LogP contribution in [0.4, 0.5) is 4.79 Å². The number of rotatable bonds is 4. The molecule has 1 atom stereocenters. The summed E-state index contributed by atoms with van der Waals surface area (Å²) in [5.74, 6) is -0.115. The summed E-state index contributed by atoms with van der Waals surface area (Å²) in [6.07, 6.45) is 2.08. The van der Waals surface area contributed by atoms with Crippen LogP contribution in [-0.2, 0) is 15.9 Å². The van der Waals surface area contributed by atoms with Gasteiger partial charge in [-0.25, -0.2) is 9.78 Å². The van der Waals surface area contributed by atoms with Crippen LogP contribution in [-0.4, -0.2) is 64.7 Å². The molecule has 0 bridgehead atoms. The van der Waals surface area contributed by atoms with E-state index in [0.29, 0.717) is 31.0 Å². The summed E-state index contributed by atoms with van der Waals surface area (Å²) in [7, 11) is 1.62. The molecule has 9 heteroatoms. The quantitative estimate of drug-likeness (QED) is 0.625. The van der Waals surface area contributed by atoms with Gasteiger partial charge < -0.3 is 24.1 Å². The number of aryl methyl sites for hydroxylation is 1. The molecule has 1 aliphatic heterocycles. The molecule has 0 unspecified atom stereocenters. The van der Waals surface area contributed by atoms with Crippen molar-refractivity contribution in [2.75, 3.05) is 26.7 Å². The van der Waals surface area contributed by atoms with Gasteiger partial charge in [0.15, 0.2) is 0 Å². The fraction of sp³-hybridized carbons (Fsp3) is 0.458. The first-order valence-electron chi connectivity index (χ1n) is 11.0. The number of morpholine rings is 1. The summed E-state index contributed by atoms with van der Waals surface area (Å²) in [5, 5.41) is 2.67. The molecule has 1 N–H and O–H groups in total. The van der Waals surface area contributed by atoms with E-state index in [9.17, 15) is 9.59 Å². The third kappa shape index (κ3) is 5.20. The first-order chi connectivity index (χ1) is 15.6. The summed E-state index contributed by atoms with van der Waals surface area (Å²) < 4.78 is 13.7. The van der Waals surface area contributed by atoms with E-state index in [2.05, 4.69) is 9.72 Å². The molecule has 3 aromatic heterocycles. The molecule has 0 aromatic carbocycles. The molecule has 0 saturated carbocycles. The number of ether oxygens (including phenoxy) is 2. The normalized spacial score (nSPS) is 16.8. The average Bonchev–Trinajstić information content (AvgIpc) is 3.37. The SMILES string of the molecule is CNC(=O)c1ccc(-c2nc3cc(C)ccn3c2C[C@H]2CN(C(=O)OC(C)(C)C)CCO2)s1. The number of hydrogen-bond donors (Lipinski definition) is 1. The van der Waals surface area contributed by atoms with Gasteiger partial charge in [0, 0.05) is 26.2 Å². The number of thiophene rings is 1. The largest absolute Gasteiger partial charge is 0.444 e. The lowest BCUT2D eigenvalue weighted by Gasteiger charge is -2.34. The molecule has 2 amide bonds. The second-order valence-corrected chi connectivity index (χ2v) is 10.3. The van der Waals surface area contributed by atoms with E-state index in [4.69, 9.17) is 14.5 Å². The van der Waals surface area contributed by atoms with Crippen LogP contribution >= 0.6 is 11.3 Å². The zero-order valence-electron chi connectivity index (χ0n) is 19.7. The van der Waals surface area contributed by atoms with E-state index in [1.165, 1.54) is 11.3 Å². The van der Waals surface area contributed by atoms with Crippen LogP contribution in [0.5, 0.6) is 0 Å². The Hall–Kier alpha value is -2.91. The number of amides is 2. The van der Waals surface area contributed by atoms with Crippen LogP contribution in [0.1, 0.15) is 41.7 Å². The molecule has 4 rings (SSSR count). The van der Waals surface area contributed by atoms with Crippen molar-refractivity contribution in [2.45, 2.75) is 45.8 Å². The Bertz CT molecular complexity index is 1180. The maximum absolute atomic E-state index is 12.6. The lowest BCUT2D eigenvalue weighted by molar-refractivity contribution is -0.0418. The highest BCUT2D eigenvalue weighted by Crippen LogP contribution is 2.32. The van der Waals surface area contributed by atoms with Crippen LogP contribution in [0.25, 0.3) is 16.2 Å². The van der Waals surface area contributed by atoms with Gasteiger partial charge in [0.1, 0.15) is 16.9 Å². The van der Waals surface area contributed by atoms with Crippen LogP contribution in [0.15, 0.2) is 30.5 Å². The van der Waals surface area contributed by atoms with Gasteiger partial charge in [-0.15, -0.1) is 11.3 Å². The predicted molar refractivity (Wildman–Crippen MR) is 128 cm³/mol. The number of pyridine rings is 1. The van der Waals surface area contributed by atoms with Crippen molar-refractivity contribution >= 4 is 29.0 Å². The highest BCUT2D eigenvalue weighted by atomic mass is 32.1. The van der Waals surface area contributed by atoms with Crippen molar-refractivity contribution in [3.63, 3.8) is 0 Å². The minimum Gasteiger partial charge on any atom is -0.444 e. The second-order valence-electron chi connectivity index (χ2n) is 9.21. The third-order valence-electron chi connectivity index (χ3n) is 5.38. The highest BCUT2D eigenvalue weighted by Gasteiger charge is 2.30. The summed E-state index contributed by atoms with van der Waals surface area (Å²) in [5.41, 5.74) is 3.24. The average molecular weight is 471 g/mol. The Balaban J connectivity index is 1.64. The van der Waals surface area contributed by atoms with Crippen molar-refractivity contribution in [1.29, 1.82) is 0 Å². The summed E-state index contributed by atoms with van der Waals surface area (Å²) in [6, 6.07) is 7.83. The molecule has 0 radical (unpaired) electrons. The topological polar surface area (TPSA) is 85.2 Å². The van der Waals surface area contributed by atoms with Crippen LogP contribution in [0.3, 0.4) is 0 Å². The number of hydrogen-bond acceptors (Lipinski definition) is 6. The Labute approximate surface area is 197 Å². The third-order valence-corrected chi connectivity index (χ3v) is 6.47. The van der Waals surface area contributed by atoms with Crippen molar-refractivity contribution in [1.82, 2.24) is 19.6 Å². The lowest BCUT2D eigenvalue weighted by Crippen LogP contribution is -2.48. The number of carbonyl (C=O) groups is 2. The molecular weight excluding hydrogens is 440 g/mol. The van der Waals surface area contributed by atoms with E-state index in [-0.39, 0.29) is 18.1 Å². The second kappa shape index (κ2) is 9.15. The summed E-state index contributed by atoms with van der Waals surface area (Å²) in [6.45, 7) is 9.03. The van der Waals surface area contributed by atoms with Crippen molar-refractivity contribution < 1.29 is 19.1 Å². The van der Waals surface area contributed by atoms with Gasteiger partial charge in [-0.1, -0.05) is 0 Å². The molecule has 1 saturated heterocycles. The lowest BCUT2D eigenvalue weighted by atomic mass is 10.1. The van der Waals surface area contributed by atoms with E-state index in [0.717, 1.165) is 27.5 Å². The molecular formula is C24H30N4O4S. The Morgan fingerprint density at radius 2 is 2.09 bits per heavy atom. The monoisotopic (exact) mass is 470 g/mol. The van der Waals surface area contributed by atoms with Gasteiger partial charge in [0.05, 0.1) is 34.7 Å². The van der Waals surface area contributed by atoms with Gasteiger partial charge in [-0.2, -0.15) is 0 Å². The standard InChI is InChI=1S/C24H30N4O4S/c1-15-8-9-28-17(13-16-14-27(10-11-31-16)23(30)32-24(2,3)4)21(26-20(28)12-15)18-6-7-19(33-18)22(29)25-5/h6-9,12,16H,10-11,13-14H2,1-5H3,(H,25,29)/t16-/m0/s1. The van der Waals surface area contributed by atoms with Crippen LogP contribution in [0.2, 0.25) is 0 Å². The Kier molecular flexibility index (Phi) is 6.45. The smallest absolute Gasteiger partial charge is 0.410 e. The van der Waals surface area contributed by atoms with E-state index < -0.39 is 5.60 Å². The first kappa shape index (κ1) is 23.3. The molecule has 0 spiro atoms. The molecule has 1 fully saturated rings. The van der Waals surface area contributed by atoms with E-state index in [1.54, 1.807) is 11.9 Å². The maximum Gasteiger partial charge on any atom is 0.410 e. The van der Waals surface area contributed by atoms with Gasteiger partial charge in [0.25, 0.3) is 5.91 Å². The van der Waals surface area contributed by atoms with Gasteiger partial charge in [0.2, 0.25) is 0 Å². The maximum atomic E-state index is 12.6. The number of fused-ring (bicyclic) bond motifs is 1. The first-order valence-corrected chi connectivity index (χ1v) is 11.9. The molecule has 3 aromatic rings. The summed E-state index contributed by atoms with van der Waals surface area (Å²) >= 11 is 1.41. The number of aromatic nitrogens is 2. The van der Waals surface area contributed by atoms with Crippen molar-refractivity contribution in [3.8, 4) is 10.6 Å². The highest BCUT2D eigenvalue weighted by molar-refractivity contribution is 7.17. The van der Waals surface area contributed by atoms with Gasteiger partial charge >= 0.3 is 6.09 Å². The number of nitrogens with one attached hydrogen (secondary N) is 1. The Morgan fingerprint density at radius 1 is 1.30 bits per heavy atom. The van der Waals surface area contributed by atoms with Crippen LogP contribution in [0, 0.1) is 6.92 Å². The van der Waals surface area contributed by atoms with E-state index >= 15 is 0 Å². The molecule has 1 aliphatic rings. The zero-order chi connectivity index (χ0) is 23.8. The fourth-order valence-corrected chi connectivity index (χ4v) is 4.81. The van der Waals surface area contributed by atoms with Crippen molar-refractivity contribution in [3.05, 3.63) is 46.6 Å². The van der Waals surface area contributed by atoms with Gasteiger partial charge in [-0.05, 0) is 57.5 Å². The molecule has 4 heterocycles. The number of nitrogens with zero attached hydrogens (tertiary/aromatic N) is 3. The Morgan fingerprint density at radius 3 is 2.82 bits per heavy atom. The molecule has 0 aliphatic carbocycles. The van der Waals surface area contributed by atoms with Gasteiger partial charge in [-0.3, -0.25) is 4.79 Å². The minimum atomic E-state index is -0.542. The van der Waals surface area contributed by atoms with E-state index in [1.807, 2.05) is 58.2 Å². The fourth-order valence-electron chi connectivity index (χ4n) is 3.85. The molecule has 33 heavy (non-hydrogen) atoms. The van der Waals surface area contributed by atoms with Crippen molar-refractivity contribution in [2.24, 2.45) is 0 Å². The number of imidazole rings is 1. The molecule has 176 valence electrons. The van der Waals surface area contributed by atoms with Crippen LogP contribution < -0.4 is 5.32 Å². The minimum absolute atomic E-state index is 0.115. The zero-order valence-corrected chi connectivity index (χ0v) is 20.5. The molecule has 8 nitrogen and oxygen atoms in total.